The van der Waals surface area contributed by atoms with Crippen molar-refractivity contribution in [3.8, 4) is 11.1 Å². The van der Waals surface area contributed by atoms with Crippen molar-refractivity contribution in [3.05, 3.63) is 83.4 Å². The molecule has 0 aliphatic carbocycles. The first-order valence-corrected chi connectivity index (χ1v) is 11.3. The Bertz CT molecular complexity index is 1260. The molecule has 0 unspecified atom stereocenters. The van der Waals surface area contributed by atoms with Gasteiger partial charge in [-0.05, 0) is 69.3 Å². The van der Waals surface area contributed by atoms with Gasteiger partial charge in [0.15, 0.2) is 0 Å². The van der Waals surface area contributed by atoms with Gasteiger partial charge in [0.2, 0.25) is 0 Å². The lowest BCUT2D eigenvalue weighted by Crippen LogP contribution is -2.11. The van der Waals surface area contributed by atoms with Crippen LogP contribution in [0.3, 0.4) is 0 Å². The lowest BCUT2D eigenvalue weighted by Gasteiger charge is -2.12. The molecule has 0 fully saturated rings. The van der Waals surface area contributed by atoms with Gasteiger partial charge in [0.1, 0.15) is 17.2 Å². The van der Waals surface area contributed by atoms with Crippen molar-refractivity contribution in [2.75, 3.05) is 0 Å². The number of aryl methyl sites for hydroxylation is 1. The number of hydrogen-bond donors (Lipinski definition) is 0. The molecule has 5 heteroatoms. The molecule has 0 radical (unpaired) electrons. The maximum Gasteiger partial charge on any atom is 0.422 e. The first kappa shape index (κ1) is 23.2. The zero-order valence-corrected chi connectivity index (χ0v) is 18.4. The van der Waals surface area contributed by atoms with E-state index >= 15 is 0 Å². The molecule has 0 aliphatic heterocycles. The second kappa shape index (κ2) is 9.50. The smallest absolute Gasteiger partial charge is 0.206 e. The van der Waals surface area contributed by atoms with Crippen LogP contribution < -0.4 is 0 Å². The Hall–Kier alpha value is -2.95. The lowest BCUT2D eigenvalue weighted by molar-refractivity contribution is -0.142. The third-order valence-electron chi connectivity index (χ3n) is 6.13. The summed E-state index contributed by atoms with van der Waals surface area (Å²) in [7, 11) is 0. The van der Waals surface area contributed by atoms with E-state index in [-0.39, 0.29) is 5.56 Å². The Kier molecular flexibility index (Phi) is 6.68. The highest BCUT2D eigenvalue weighted by molar-refractivity contribution is 6.08. The second-order valence-corrected chi connectivity index (χ2v) is 8.53. The zero-order valence-electron chi connectivity index (χ0n) is 18.4. The van der Waals surface area contributed by atoms with E-state index in [9.17, 15) is 22.0 Å². The summed E-state index contributed by atoms with van der Waals surface area (Å²) in [5.74, 6) is -3.23. The molecule has 0 bridgehead atoms. The maximum atomic E-state index is 14.0. The van der Waals surface area contributed by atoms with Crippen LogP contribution >= 0.6 is 0 Å². The molecule has 0 heterocycles. The standard InChI is InChI=1S/C28H25F5/c1-2-3-4-5-6-7-18-8-12-23-20(14-18)9-10-21-15-19(11-13-24(21)23)22-16-25(29)27(26(30)17-22)28(31,32)33/h8-17H,2-7H2,1H3. The zero-order chi connectivity index (χ0) is 23.6. The van der Waals surface area contributed by atoms with Crippen molar-refractivity contribution in [3.63, 3.8) is 0 Å². The predicted octanol–water partition coefficient (Wildman–Crippen LogP) is 9.47. The third kappa shape index (κ3) is 5.02. The molecule has 172 valence electrons. The minimum atomic E-state index is -5.08. The van der Waals surface area contributed by atoms with E-state index in [1.807, 2.05) is 18.2 Å². The monoisotopic (exact) mass is 456 g/mol. The molecule has 33 heavy (non-hydrogen) atoms. The molecule has 4 rings (SSSR count). The summed E-state index contributed by atoms with van der Waals surface area (Å²) in [6, 6.07) is 17.1. The van der Waals surface area contributed by atoms with Crippen LogP contribution in [0.2, 0.25) is 0 Å². The van der Waals surface area contributed by atoms with Gasteiger partial charge < -0.3 is 0 Å². The second-order valence-electron chi connectivity index (χ2n) is 8.53. The van der Waals surface area contributed by atoms with E-state index in [0.29, 0.717) is 5.56 Å². The number of hydrogen-bond acceptors (Lipinski definition) is 0. The van der Waals surface area contributed by atoms with Crippen LogP contribution in [0.4, 0.5) is 22.0 Å². The van der Waals surface area contributed by atoms with Crippen LogP contribution in [-0.2, 0) is 12.6 Å². The van der Waals surface area contributed by atoms with E-state index < -0.39 is 23.4 Å². The highest BCUT2D eigenvalue weighted by Crippen LogP contribution is 2.37. The SMILES string of the molecule is CCCCCCCc1ccc2c(ccc3cc(-c4cc(F)c(C(F)(F)F)c(F)c4)ccc32)c1. The van der Waals surface area contributed by atoms with Crippen molar-refractivity contribution in [1.29, 1.82) is 0 Å². The molecule has 4 aromatic carbocycles. The van der Waals surface area contributed by atoms with Gasteiger partial charge in [-0.15, -0.1) is 0 Å². The fourth-order valence-electron chi connectivity index (χ4n) is 4.40. The van der Waals surface area contributed by atoms with Crippen LogP contribution in [0, 0.1) is 11.6 Å². The normalized spacial score (nSPS) is 12.1. The number of alkyl halides is 3. The fourth-order valence-corrected chi connectivity index (χ4v) is 4.40. The number of unbranched alkanes of at least 4 members (excludes halogenated alkanes) is 4. The van der Waals surface area contributed by atoms with E-state index in [2.05, 4.69) is 25.1 Å². The Morgan fingerprint density at radius 3 is 1.88 bits per heavy atom. The average molecular weight is 456 g/mol. The summed E-state index contributed by atoms with van der Waals surface area (Å²) in [5, 5.41) is 4.03. The van der Waals surface area contributed by atoms with Crippen LogP contribution in [0.25, 0.3) is 32.7 Å². The molecule has 0 saturated heterocycles. The van der Waals surface area contributed by atoms with E-state index in [1.165, 1.54) is 37.7 Å². The van der Waals surface area contributed by atoms with Crippen molar-refractivity contribution in [1.82, 2.24) is 0 Å². The van der Waals surface area contributed by atoms with Gasteiger partial charge in [0, 0.05) is 0 Å². The Labute approximate surface area is 190 Å². The number of fused-ring (bicyclic) bond motifs is 3. The molecule has 0 atom stereocenters. The summed E-state index contributed by atoms with van der Waals surface area (Å²) >= 11 is 0. The van der Waals surface area contributed by atoms with Gasteiger partial charge in [0.05, 0.1) is 0 Å². The molecular formula is C28H25F5. The van der Waals surface area contributed by atoms with Gasteiger partial charge >= 0.3 is 6.18 Å². The molecule has 0 saturated carbocycles. The van der Waals surface area contributed by atoms with E-state index in [4.69, 9.17) is 0 Å². The van der Waals surface area contributed by atoms with Crippen LogP contribution in [0.15, 0.2) is 60.7 Å². The topological polar surface area (TPSA) is 0 Å². The highest BCUT2D eigenvalue weighted by Gasteiger charge is 2.37. The molecule has 0 spiro atoms. The first-order chi connectivity index (χ1) is 15.8. The number of benzene rings is 4. The summed E-state index contributed by atoms with van der Waals surface area (Å²) in [6.45, 7) is 2.21. The third-order valence-corrected chi connectivity index (χ3v) is 6.13. The van der Waals surface area contributed by atoms with Crippen LogP contribution in [0.5, 0.6) is 0 Å². The minimum Gasteiger partial charge on any atom is -0.206 e. The van der Waals surface area contributed by atoms with Crippen molar-refractivity contribution >= 4 is 21.5 Å². The molecular weight excluding hydrogens is 431 g/mol. The quantitative estimate of drug-likeness (QED) is 0.148. The van der Waals surface area contributed by atoms with Gasteiger partial charge in [0.25, 0.3) is 0 Å². The summed E-state index contributed by atoms with van der Waals surface area (Å²) in [6.07, 6.45) is 2.14. The lowest BCUT2D eigenvalue weighted by atomic mass is 9.95. The first-order valence-electron chi connectivity index (χ1n) is 11.3. The molecule has 0 nitrogen and oxygen atoms in total. The van der Waals surface area contributed by atoms with Gasteiger partial charge in [-0.25, -0.2) is 8.78 Å². The highest BCUT2D eigenvalue weighted by atomic mass is 19.4. The molecule has 0 N–H and O–H groups in total. The van der Waals surface area contributed by atoms with E-state index in [0.717, 1.165) is 40.1 Å². The van der Waals surface area contributed by atoms with E-state index in [1.54, 1.807) is 12.1 Å². The average Bonchev–Trinajstić information content (AvgIpc) is 2.76. The number of halogens is 5. The molecule has 4 aromatic rings. The molecule has 0 aliphatic rings. The summed E-state index contributed by atoms with van der Waals surface area (Å²) < 4.78 is 66.7. The fraction of sp³-hybridized carbons (Fsp3) is 0.286. The van der Waals surface area contributed by atoms with Gasteiger partial charge in [-0.1, -0.05) is 75.1 Å². The largest absolute Gasteiger partial charge is 0.422 e. The maximum absolute atomic E-state index is 14.0. The molecule has 0 amide bonds. The van der Waals surface area contributed by atoms with Crippen molar-refractivity contribution in [2.24, 2.45) is 0 Å². The Morgan fingerprint density at radius 1 is 0.636 bits per heavy atom. The van der Waals surface area contributed by atoms with Crippen LogP contribution in [-0.4, -0.2) is 0 Å². The summed E-state index contributed by atoms with van der Waals surface area (Å²) in [4.78, 5) is 0. The Morgan fingerprint density at radius 2 is 1.24 bits per heavy atom. The minimum absolute atomic E-state index is 0.0680. The predicted molar refractivity (Wildman–Crippen MR) is 124 cm³/mol. The van der Waals surface area contributed by atoms with Gasteiger partial charge in [-0.2, -0.15) is 13.2 Å². The van der Waals surface area contributed by atoms with Gasteiger partial charge in [-0.3, -0.25) is 0 Å². The van der Waals surface area contributed by atoms with Crippen molar-refractivity contribution in [2.45, 2.75) is 51.6 Å². The molecule has 0 aromatic heterocycles. The Balaban J connectivity index is 1.63. The summed E-state index contributed by atoms with van der Waals surface area (Å²) in [5.41, 5.74) is -0.0413. The van der Waals surface area contributed by atoms with Crippen molar-refractivity contribution < 1.29 is 22.0 Å². The van der Waals surface area contributed by atoms with Crippen LogP contribution in [0.1, 0.15) is 50.2 Å². The number of rotatable bonds is 7.